The second kappa shape index (κ2) is 14.0. The fraction of sp³-hybridized carbons (Fsp3) is 0.947. The van der Waals surface area contributed by atoms with E-state index in [2.05, 4.69) is 34.6 Å². The maximum Gasteiger partial charge on any atom is 0.346 e. The summed E-state index contributed by atoms with van der Waals surface area (Å²) >= 11 is 0. The van der Waals surface area contributed by atoms with Crippen LogP contribution in [0.3, 0.4) is 0 Å². The van der Waals surface area contributed by atoms with Crippen molar-refractivity contribution in [2.75, 3.05) is 26.4 Å². The average Bonchev–Trinajstić information content (AvgIpc) is 2.53. The lowest BCUT2D eigenvalue weighted by Crippen LogP contribution is -2.43. The molecule has 7 heteroatoms. The molecule has 0 bridgehead atoms. The molecule has 1 unspecified atom stereocenters. The molecule has 0 aliphatic rings. The Morgan fingerprint density at radius 1 is 0.885 bits per heavy atom. The molecular weight excluding hydrogens is 362 g/mol. The Bertz CT molecular complexity index is 380. The lowest BCUT2D eigenvalue weighted by atomic mass is 10.1. The van der Waals surface area contributed by atoms with Crippen molar-refractivity contribution >= 4 is 24.3 Å². The van der Waals surface area contributed by atoms with Gasteiger partial charge in [0.15, 0.2) is 0 Å². The van der Waals surface area contributed by atoms with E-state index < -0.39 is 18.6 Å². The molecule has 0 spiro atoms. The molecule has 0 radical (unpaired) electrons. The third-order valence-corrected chi connectivity index (χ3v) is 9.20. The Morgan fingerprint density at radius 2 is 1.35 bits per heavy atom. The Labute approximate surface area is 165 Å². The number of rotatable bonds is 15. The summed E-state index contributed by atoms with van der Waals surface area (Å²) in [6.07, 6.45) is 1.89. The van der Waals surface area contributed by atoms with Crippen LogP contribution >= 0.6 is 0 Å². The van der Waals surface area contributed by atoms with Gasteiger partial charge in [-0.2, -0.15) is 0 Å². The van der Waals surface area contributed by atoms with Gasteiger partial charge >= 0.3 is 18.6 Å². The van der Waals surface area contributed by atoms with Gasteiger partial charge in [0, 0.05) is 37.2 Å². The topological polar surface area (TPSA) is 49.3 Å². The van der Waals surface area contributed by atoms with Crippen molar-refractivity contribution in [2.24, 2.45) is 10.9 Å². The number of aliphatic imine (C=N–C) groups is 1. The predicted octanol–water partition coefficient (Wildman–Crippen LogP) is 4.16. The van der Waals surface area contributed by atoms with Crippen LogP contribution in [0.5, 0.6) is 0 Å². The quantitative estimate of drug-likeness (QED) is 0.303. The number of hydrogen-bond donors (Lipinski definition) is 0. The molecule has 0 rings (SSSR count). The molecule has 0 aliphatic heterocycles. The standard InChI is InChI=1S/C19H43NO4Si2/c1-10-21-25(22-11-2)18(20-17(7)14-16(5)6)15-19(8,9)26(23-12-3)24-13-4/h16,18,25-26H,10-15H2,1-9H3. The van der Waals surface area contributed by atoms with Crippen molar-refractivity contribution in [1.29, 1.82) is 0 Å². The zero-order valence-corrected chi connectivity index (χ0v) is 20.9. The lowest BCUT2D eigenvalue weighted by Gasteiger charge is -2.35. The number of hydrogen-bond acceptors (Lipinski definition) is 5. The monoisotopic (exact) mass is 405 g/mol. The van der Waals surface area contributed by atoms with Gasteiger partial charge in [0.05, 0.1) is 5.67 Å². The molecule has 0 saturated heterocycles. The highest BCUT2D eigenvalue weighted by molar-refractivity contribution is 6.50. The summed E-state index contributed by atoms with van der Waals surface area (Å²) in [6, 6.07) is 0. The molecule has 0 saturated carbocycles. The Hall–Kier alpha value is -0.0562. The maximum atomic E-state index is 6.04. The first-order valence-electron chi connectivity index (χ1n) is 10.2. The first kappa shape index (κ1) is 25.9. The van der Waals surface area contributed by atoms with Crippen LogP contribution in [0.1, 0.15) is 75.2 Å². The molecule has 26 heavy (non-hydrogen) atoms. The van der Waals surface area contributed by atoms with Crippen molar-refractivity contribution in [1.82, 2.24) is 0 Å². The van der Waals surface area contributed by atoms with Crippen LogP contribution < -0.4 is 0 Å². The van der Waals surface area contributed by atoms with E-state index in [1.807, 2.05) is 27.7 Å². The van der Waals surface area contributed by atoms with Crippen LogP contribution in [-0.4, -0.2) is 56.4 Å². The molecule has 1 atom stereocenters. The van der Waals surface area contributed by atoms with Gasteiger partial charge in [0.1, 0.15) is 0 Å². The maximum absolute atomic E-state index is 6.04. The van der Waals surface area contributed by atoms with Crippen molar-refractivity contribution in [3.05, 3.63) is 0 Å². The fourth-order valence-electron chi connectivity index (χ4n) is 3.17. The first-order valence-corrected chi connectivity index (χ1v) is 13.3. The lowest BCUT2D eigenvalue weighted by molar-refractivity contribution is 0.179. The molecule has 156 valence electrons. The highest BCUT2D eigenvalue weighted by Crippen LogP contribution is 2.37. The van der Waals surface area contributed by atoms with Gasteiger partial charge in [-0.3, -0.25) is 4.99 Å². The van der Waals surface area contributed by atoms with Gasteiger partial charge in [-0.15, -0.1) is 0 Å². The van der Waals surface area contributed by atoms with E-state index in [0.717, 1.165) is 12.8 Å². The Balaban J connectivity index is 5.52. The Morgan fingerprint density at radius 3 is 1.73 bits per heavy atom. The Kier molecular flexibility index (Phi) is 14.0. The molecule has 0 fully saturated rings. The van der Waals surface area contributed by atoms with Crippen LogP contribution in [0.15, 0.2) is 4.99 Å². The van der Waals surface area contributed by atoms with E-state index in [1.54, 1.807) is 0 Å². The van der Waals surface area contributed by atoms with Gasteiger partial charge in [0.2, 0.25) is 0 Å². The molecular formula is C19H43NO4Si2. The minimum atomic E-state index is -1.91. The summed E-state index contributed by atoms with van der Waals surface area (Å²) in [5.74, 6) is 0.598. The van der Waals surface area contributed by atoms with Gasteiger partial charge in [0.25, 0.3) is 0 Å². The van der Waals surface area contributed by atoms with E-state index in [9.17, 15) is 0 Å². The zero-order chi connectivity index (χ0) is 20.2. The highest BCUT2D eigenvalue weighted by Gasteiger charge is 2.40. The molecule has 0 amide bonds. The molecule has 0 aliphatic carbocycles. The summed E-state index contributed by atoms with van der Waals surface area (Å²) in [5.41, 5.74) is 1.27. The first-order chi connectivity index (χ1) is 12.2. The van der Waals surface area contributed by atoms with Gasteiger partial charge in [-0.1, -0.05) is 27.7 Å². The fourth-order valence-corrected chi connectivity index (χ4v) is 7.85. The zero-order valence-electron chi connectivity index (χ0n) is 18.6. The highest BCUT2D eigenvalue weighted by atomic mass is 28.3. The molecule has 0 heterocycles. The minimum absolute atomic E-state index is 0.0439. The summed E-state index contributed by atoms with van der Waals surface area (Å²) in [7, 11) is -3.72. The molecule has 0 aromatic carbocycles. The van der Waals surface area contributed by atoms with E-state index >= 15 is 0 Å². The normalized spacial score (nSPS) is 14.7. The average molecular weight is 406 g/mol. The van der Waals surface area contributed by atoms with Crippen LogP contribution in [0.4, 0.5) is 0 Å². The SMILES string of the molecule is CCO[SiH](OCC)C(CC(C)(C)[SiH](OCC)OCC)N=C(C)CC(C)C. The minimum Gasteiger partial charge on any atom is -0.397 e. The third-order valence-electron chi connectivity index (χ3n) is 4.08. The molecule has 0 aromatic heterocycles. The van der Waals surface area contributed by atoms with Crippen molar-refractivity contribution in [3.63, 3.8) is 0 Å². The van der Waals surface area contributed by atoms with Gasteiger partial charge in [-0.05, 0) is 53.4 Å². The van der Waals surface area contributed by atoms with E-state index in [-0.39, 0.29) is 10.7 Å². The second-order valence-corrected chi connectivity index (χ2v) is 12.8. The molecule has 0 aromatic rings. The van der Waals surface area contributed by atoms with Gasteiger partial charge in [-0.25, -0.2) is 0 Å². The van der Waals surface area contributed by atoms with E-state index in [0.29, 0.717) is 32.3 Å². The van der Waals surface area contributed by atoms with Crippen molar-refractivity contribution in [3.8, 4) is 0 Å². The molecule has 0 N–H and O–H groups in total. The predicted molar refractivity (Wildman–Crippen MR) is 116 cm³/mol. The summed E-state index contributed by atoms with van der Waals surface area (Å²) in [5, 5.41) is -0.0439. The van der Waals surface area contributed by atoms with Crippen LogP contribution in [0.25, 0.3) is 0 Å². The third kappa shape index (κ3) is 10.3. The largest absolute Gasteiger partial charge is 0.397 e. The van der Waals surface area contributed by atoms with Crippen LogP contribution in [0, 0.1) is 5.92 Å². The summed E-state index contributed by atoms with van der Waals surface area (Å²) in [4.78, 5) is 5.08. The van der Waals surface area contributed by atoms with Gasteiger partial charge < -0.3 is 17.7 Å². The smallest absolute Gasteiger partial charge is 0.346 e. The van der Waals surface area contributed by atoms with Crippen molar-refractivity contribution in [2.45, 2.75) is 85.9 Å². The van der Waals surface area contributed by atoms with Crippen molar-refractivity contribution < 1.29 is 17.7 Å². The number of nitrogens with zero attached hydrogens (tertiary/aromatic N) is 1. The van der Waals surface area contributed by atoms with E-state index in [4.69, 9.17) is 22.7 Å². The van der Waals surface area contributed by atoms with Crippen LogP contribution in [-0.2, 0) is 17.7 Å². The molecule has 5 nitrogen and oxygen atoms in total. The summed E-state index contributed by atoms with van der Waals surface area (Å²) in [6.45, 7) is 21.9. The summed E-state index contributed by atoms with van der Waals surface area (Å²) < 4.78 is 24.1. The van der Waals surface area contributed by atoms with Crippen LogP contribution in [0.2, 0.25) is 5.04 Å². The van der Waals surface area contributed by atoms with E-state index in [1.165, 1.54) is 5.71 Å². The second-order valence-electron chi connectivity index (χ2n) is 7.74.